The van der Waals surface area contributed by atoms with Crippen LogP contribution in [0.3, 0.4) is 0 Å². The topological polar surface area (TPSA) is 52.0 Å². The maximum atomic E-state index is 5.76. The molecule has 0 unspecified atom stereocenters. The summed E-state index contributed by atoms with van der Waals surface area (Å²) in [6.45, 7) is 0. The van der Waals surface area contributed by atoms with Crippen LogP contribution in [0.15, 0.2) is 51.9 Å². The maximum Gasteiger partial charge on any atom is 0.0314 e. The van der Waals surface area contributed by atoms with Gasteiger partial charge >= 0.3 is 0 Å². The fourth-order valence-electron chi connectivity index (χ4n) is 2.09. The van der Waals surface area contributed by atoms with Gasteiger partial charge in [0.15, 0.2) is 0 Å². The Balaban J connectivity index is 1.50. The highest BCUT2D eigenvalue weighted by Crippen LogP contribution is 2.27. The Morgan fingerprint density at radius 1 is 0.810 bits per heavy atom. The van der Waals surface area contributed by atoms with Crippen LogP contribution in [0.2, 0.25) is 0 Å². The minimum absolute atomic E-state index is 0.838. The second-order valence-corrected chi connectivity index (χ2v) is 7.59. The van der Waals surface area contributed by atoms with Crippen molar-refractivity contribution < 1.29 is 0 Å². The third kappa shape index (κ3) is 6.53. The van der Waals surface area contributed by atoms with Gasteiger partial charge in [0.2, 0.25) is 0 Å². The fraction of sp³-hybridized carbons (Fsp3) is 0.412. The second kappa shape index (κ2) is 9.11. The molecular weight excluding hydrogens is 296 g/mol. The van der Waals surface area contributed by atoms with E-state index in [1.165, 1.54) is 40.6 Å². The van der Waals surface area contributed by atoms with Crippen LogP contribution >= 0.6 is 23.5 Å². The number of allylic oxidation sites excluding steroid dienone is 4. The third-order valence-electron chi connectivity index (χ3n) is 3.37. The second-order valence-electron chi connectivity index (χ2n) is 5.20. The Kier molecular flexibility index (Phi) is 7.10. The van der Waals surface area contributed by atoms with Crippen molar-refractivity contribution in [1.82, 2.24) is 0 Å². The zero-order valence-corrected chi connectivity index (χ0v) is 14.0. The maximum absolute atomic E-state index is 5.76. The molecule has 2 rings (SSSR count). The molecule has 1 aliphatic rings. The van der Waals surface area contributed by atoms with Gasteiger partial charge in [0, 0.05) is 16.3 Å². The SMILES string of the molecule is NC1=CC=C(SCCCCCSc2ccc(N)cc2)CC1. The summed E-state index contributed by atoms with van der Waals surface area (Å²) >= 11 is 3.92. The predicted octanol–water partition coefficient (Wildman–Crippen LogP) is 4.78. The zero-order valence-electron chi connectivity index (χ0n) is 12.4. The van der Waals surface area contributed by atoms with Crippen molar-refractivity contribution in [2.45, 2.75) is 37.0 Å². The lowest BCUT2D eigenvalue weighted by molar-refractivity contribution is 0.785. The van der Waals surface area contributed by atoms with E-state index < -0.39 is 0 Å². The first-order valence-electron chi connectivity index (χ1n) is 7.50. The summed E-state index contributed by atoms with van der Waals surface area (Å²) in [5.41, 5.74) is 13.3. The van der Waals surface area contributed by atoms with E-state index in [0.717, 1.165) is 24.2 Å². The van der Waals surface area contributed by atoms with Gasteiger partial charge in [-0.2, -0.15) is 0 Å². The Morgan fingerprint density at radius 3 is 2.19 bits per heavy atom. The number of rotatable bonds is 8. The molecule has 4 heteroatoms. The molecule has 1 aromatic carbocycles. The summed E-state index contributed by atoms with van der Waals surface area (Å²) in [5, 5.41) is 0. The number of unbranched alkanes of at least 4 members (excludes halogenated alkanes) is 2. The lowest BCUT2D eigenvalue weighted by Crippen LogP contribution is -2.00. The molecule has 0 fully saturated rings. The normalized spacial score (nSPS) is 14.7. The summed E-state index contributed by atoms with van der Waals surface area (Å²) in [5.74, 6) is 2.42. The molecule has 0 heterocycles. The summed E-state index contributed by atoms with van der Waals surface area (Å²) in [6, 6.07) is 8.14. The van der Waals surface area contributed by atoms with Crippen LogP contribution in [-0.2, 0) is 0 Å². The van der Waals surface area contributed by atoms with Crippen molar-refractivity contribution in [3.8, 4) is 0 Å². The Bertz CT molecular complexity index is 492. The number of anilines is 1. The van der Waals surface area contributed by atoms with Gasteiger partial charge in [0.1, 0.15) is 0 Å². The highest BCUT2D eigenvalue weighted by atomic mass is 32.2. The van der Waals surface area contributed by atoms with Crippen LogP contribution in [0.4, 0.5) is 5.69 Å². The quantitative estimate of drug-likeness (QED) is 0.411. The smallest absolute Gasteiger partial charge is 0.0314 e. The number of nitrogen functional groups attached to an aromatic ring is 1. The Labute approximate surface area is 136 Å². The molecule has 21 heavy (non-hydrogen) atoms. The predicted molar refractivity (Wildman–Crippen MR) is 97.5 cm³/mol. The minimum Gasteiger partial charge on any atom is -0.402 e. The van der Waals surface area contributed by atoms with E-state index in [0.29, 0.717) is 0 Å². The van der Waals surface area contributed by atoms with Crippen molar-refractivity contribution in [3.05, 3.63) is 47.0 Å². The van der Waals surface area contributed by atoms with Crippen LogP contribution < -0.4 is 11.5 Å². The minimum atomic E-state index is 0.838. The number of thioether (sulfide) groups is 2. The fourth-order valence-corrected chi connectivity index (χ4v) is 4.03. The van der Waals surface area contributed by atoms with Crippen LogP contribution in [0.25, 0.3) is 0 Å². The van der Waals surface area contributed by atoms with Gasteiger partial charge in [0.05, 0.1) is 0 Å². The third-order valence-corrected chi connectivity index (χ3v) is 5.67. The van der Waals surface area contributed by atoms with E-state index in [2.05, 4.69) is 24.3 Å². The van der Waals surface area contributed by atoms with E-state index in [1.54, 1.807) is 0 Å². The van der Waals surface area contributed by atoms with Crippen LogP contribution in [0.1, 0.15) is 32.1 Å². The zero-order chi connectivity index (χ0) is 14.9. The van der Waals surface area contributed by atoms with Gasteiger partial charge < -0.3 is 11.5 Å². The largest absolute Gasteiger partial charge is 0.402 e. The van der Waals surface area contributed by atoms with E-state index >= 15 is 0 Å². The first-order chi connectivity index (χ1) is 10.2. The number of benzene rings is 1. The molecule has 0 spiro atoms. The molecular formula is C17H24N2S2. The molecule has 1 aromatic rings. The molecule has 0 aromatic heterocycles. The lowest BCUT2D eigenvalue weighted by atomic mass is 10.1. The summed E-state index contributed by atoms with van der Waals surface area (Å²) in [6.07, 6.45) is 10.3. The summed E-state index contributed by atoms with van der Waals surface area (Å²) in [7, 11) is 0. The molecule has 0 radical (unpaired) electrons. The van der Waals surface area contributed by atoms with Gasteiger partial charge in [-0.25, -0.2) is 0 Å². The standard InChI is InChI=1S/C17H24N2S2/c18-14-4-8-16(9-5-14)20-12-2-1-3-13-21-17-10-6-15(19)7-11-17/h4-6,8-10H,1-3,7,11-13,18-19H2. The highest BCUT2D eigenvalue weighted by molar-refractivity contribution is 8.03. The molecule has 0 saturated carbocycles. The van der Waals surface area contributed by atoms with Crippen LogP contribution in [-0.4, -0.2) is 11.5 Å². The van der Waals surface area contributed by atoms with Gasteiger partial charge in [-0.3, -0.25) is 0 Å². The first-order valence-corrected chi connectivity index (χ1v) is 9.47. The van der Waals surface area contributed by atoms with E-state index in [-0.39, 0.29) is 0 Å². The Hall–Kier alpha value is -1.00. The molecule has 114 valence electrons. The molecule has 4 N–H and O–H groups in total. The average molecular weight is 321 g/mol. The first kappa shape index (κ1) is 16.4. The van der Waals surface area contributed by atoms with Crippen molar-refractivity contribution in [2.24, 2.45) is 5.73 Å². The van der Waals surface area contributed by atoms with E-state index in [1.807, 2.05) is 35.7 Å². The molecule has 0 aliphatic heterocycles. The van der Waals surface area contributed by atoms with Gasteiger partial charge in [-0.15, -0.1) is 23.5 Å². The average Bonchev–Trinajstić information content (AvgIpc) is 2.50. The molecule has 0 atom stereocenters. The summed E-state index contributed by atoms with van der Waals surface area (Å²) in [4.78, 5) is 2.80. The molecule has 1 aliphatic carbocycles. The van der Waals surface area contributed by atoms with Gasteiger partial charge in [-0.1, -0.05) is 12.5 Å². The highest BCUT2D eigenvalue weighted by Gasteiger charge is 2.04. The number of hydrogen-bond acceptors (Lipinski definition) is 4. The molecule has 0 bridgehead atoms. The van der Waals surface area contributed by atoms with Crippen molar-refractivity contribution in [3.63, 3.8) is 0 Å². The monoisotopic (exact) mass is 320 g/mol. The molecule has 0 saturated heterocycles. The van der Waals surface area contributed by atoms with Gasteiger partial charge in [-0.05, 0) is 72.4 Å². The van der Waals surface area contributed by atoms with E-state index in [4.69, 9.17) is 11.5 Å². The van der Waals surface area contributed by atoms with Crippen molar-refractivity contribution in [1.29, 1.82) is 0 Å². The Morgan fingerprint density at radius 2 is 1.52 bits per heavy atom. The van der Waals surface area contributed by atoms with Gasteiger partial charge in [0.25, 0.3) is 0 Å². The molecule has 0 amide bonds. The lowest BCUT2D eigenvalue weighted by Gasteiger charge is -2.11. The van der Waals surface area contributed by atoms with Crippen molar-refractivity contribution >= 4 is 29.2 Å². The van der Waals surface area contributed by atoms with Crippen LogP contribution in [0, 0.1) is 0 Å². The van der Waals surface area contributed by atoms with Crippen molar-refractivity contribution in [2.75, 3.05) is 17.2 Å². The van der Waals surface area contributed by atoms with Crippen LogP contribution in [0.5, 0.6) is 0 Å². The summed E-state index contributed by atoms with van der Waals surface area (Å²) < 4.78 is 0. The molecule has 2 nitrogen and oxygen atoms in total. The van der Waals surface area contributed by atoms with E-state index in [9.17, 15) is 0 Å². The number of hydrogen-bond donors (Lipinski definition) is 2. The number of nitrogens with two attached hydrogens (primary N) is 2.